The van der Waals surface area contributed by atoms with Crippen LogP contribution in [0.5, 0.6) is 0 Å². The van der Waals surface area contributed by atoms with Gasteiger partial charge in [0.05, 0.1) is 18.1 Å². The number of hydrogen-bond acceptors (Lipinski definition) is 7. The van der Waals surface area contributed by atoms with Crippen LogP contribution in [-0.4, -0.2) is 23.4 Å². The molecule has 94 valence electrons. The third kappa shape index (κ3) is 3.90. The number of halogens is 2. The van der Waals surface area contributed by atoms with Crippen LogP contribution in [0.25, 0.3) is 0 Å². The van der Waals surface area contributed by atoms with Crippen molar-refractivity contribution in [2.75, 3.05) is 0 Å². The predicted molar refractivity (Wildman–Crippen MR) is 67.8 cm³/mol. The molecule has 4 N–H and O–H groups in total. The Morgan fingerprint density at radius 3 is 2.83 bits per heavy atom. The van der Waals surface area contributed by atoms with Crippen LogP contribution in [0.3, 0.4) is 0 Å². The lowest BCUT2D eigenvalue weighted by molar-refractivity contribution is 0.425. The minimum atomic E-state index is -0.673. The minimum absolute atomic E-state index is 0.0503. The summed E-state index contributed by atoms with van der Waals surface area (Å²) in [6.07, 6.45) is 0.140. The molecule has 7 nitrogen and oxygen atoms in total. The van der Waals surface area contributed by atoms with E-state index in [1.165, 1.54) is 0 Å². The summed E-state index contributed by atoms with van der Waals surface area (Å²) in [4.78, 5) is 3.94. The number of aliphatic imine (C=N–C) groups is 1. The van der Waals surface area contributed by atoms with Crippen molar-refractivity contribution in [1.82, 2.24) is 16.0 Å². The zero-order valence-corrected chi connectivity index (χ0v) is 10.5. The molecular weight excluding hydrogens is 277 g/mol. The topological polar surface area (TPSA) is 120 Å². The molecule has 0 saturated heterocycles. The molecule has 0 aromatic heterocycles. The quantitative estimate of drug-likeness (QED) is 0.260. The Labute approximate surface area is 114 Å². The van der Waals surface area contributed by atoms with Crippen LogP contribution in [0.15, 0.2) is 16.3 Å². The van der Waals surface area contributed by atoms with E-state index in [0.29, 0.717) is 0 Å². The molecule has 0 aromatic carbocycles. The van der Waals surface area contributed by atoms with Gasteiger partial charge in [-0.1, -0.05) is 11.6 Å². The standard InChI is InChI=1S/C9H9Cl2N7/c10-7-16-8(11)18-9(17-7)15-6(1-2-12)5(3-13)4-14/h3,7,9,13,15,17H,1H2,(H,16,18)/b6-5+,13-3?. The molecule has 18 heavy (non-hydrogen) atoms. The number of amidine groups is 1. The minimum Gasteiger partial charge on any atom is -0.353 e. The van der Waals surface area contributed by atoms with Crippen molar-refractivity contribution in [3.63, 3.8) is 0 Å². The van der Waals surface area contributed by atoms with Crippen LogP contribution in [0, 0.1) is 28.1 Å². The first-order chi connectivity index (χ1) is 8.60. The lowest BCUT2D eigenvalue weighted by atomic mass is 10.2. The van der Waals surface area contributed by atoms with Gasteiger partial charge in [-0.05, 0) is 11.6 Å². The fraction of sp³-hybridized carbons (Fsp3) is 0.333. The van der Waals surface area contributed by atoms with Crippen molar-refractivity contribution in [3.05, 3.63) is 11.3 Å². The van der Waals surface area contributed by atoms with Gasteiger partial charge in [-0.25, -0.2) is 10.3 Å². The molecule has 9 heteroatoms. The number of alkyl halides is 1. The van der Waals surface area contributed by atoms with Crippen LogP contribution in [-0.2, 0) is 0 Å². The molecule has 1 heterocycles. The number of allylic oxidation sites excluding steroid dienone is 2. The fourth-order valence-corrected chi connectivity index (χ4v) is 1.69. The van der Waals surface area contributed by atoms with E-state index in [9.17, 15) is 0 Å². The van der Waals surface area contributed by atoms with Crippen LogP contribution in [0.2, 0.25) is 0 Å². The van der Waals surface area contributed by atoms with Gasteiger partial charge in [0, 0.05) is 11.9 Å². The molecule has 2 atom stereocenters. The second-order valence-electron chi connectivity index (χ2n) is 3.12. The second-order valence-corrected chi connectivity index (χ2v) is 3.92. The van der Waals surface area contributed by atoms with Gasteiger partial charge in [-0.3, -0.25) is 0 Å². The highest BCUT2D eigenvalue weighted by molar-refractivity contribution is 6.65. The van der Waals surface area contributed by atoms with Gasteiger partial charge in [0.25, 0.3) is 0 Å². The molecule has 1 rings (SSSR count). The molecule has 2 unspecified atom stereocenters. The highest BCUT2D eigenvalue weighted by Crippen LogP contribution is 2.07. The van der Waals surface area contributed by atoms with Crippen LogP contribution < -0.4 is 16.0 Å². The van der Waals surface area contributed by atoms with E-state index < -0.39 is 11.9 Å². The van der Waals surface area contributed by atoms with Gasteiger partial charge in [0.1, 0.15) is 6.07 Å². The maximum atomic E-state index is 8.83. The summed E-state index contributed by atoms with van der Waals surface area (Å²) in [5, 5.41) is 32.9. The van der Waals surface area contributed by atoms with Gasteiger partial charge < -0.3 is 16.0 Å². The molecule has 0 radical (unpaired) electrons. The van der Waals surface area contributed by atoms with E-state index in [1.54, 1.807) is 0 Å². The molecule has 1 aliphatic heterocycles. The average molecular weight is 286 g/mol. The van der Waals surface area contributed by atoms with Gasteiger partial charge in [0.15, 0.2) is 17.2 Å². The molecule has 0 spiro atoms. The summed E-state index contributed by atoms with van der Waals surface area (Å²) in [5.74, 6) is 0. The van der Waals surface area contributed by atoms with E-state index >= 15 is 0 Å². The lowest BCUT2D eigenvalue weighted by Gasteiger charge is -2.27. The summed E-state index contributed by atoms with van der Waals surface area (Å²) in [5.41, 5.74) is -0.290. The number of nitrogens with one attached hydrogen (secondary N) is 4. The van der Waals surface area contributed by atoms with Gasteiger partial charge in [0.2, 0.25) is 0 Å². The number of nitriles is 2. The van der Waals surface area contributed by atoms with Crippen molar-refractivity contribution in [2.24, 2.45) is 4.99 Å². The van der Waals surface area contributed by atoms with Crippen molar-refractivity contribution < 1.29 is 0 Å². The van der Waals surface area contributed by atoms with Crippen LogP contribution >= 0.6 is 23.2 Å². The Bertz CT molecular complexity index is 470. The van der Waals surface area contributed by atoms with E-state index in [0.717, 1.165) is 6.21 Å². The first kappa shape index (κ1) is 14.3. The third-order valence-electron chi connectivity index (χ3n) is 1.95. The molecule has 1 aliphatic rings. The molecule has 0 fully saturated rings. The number of nitrogens with zero attached hydrogens (tertiary/aromatic N) is 3. The summed E-state index contributed by atoms with van der Waals surface area (Å²) in [6, 6.07) is 3.71. The smallest absolute Gasteiger partial charge is 0.196 e. The third-order valence-corrected chi connectivity index (χ3v) is 2.39. The Balaban J connectivity index is 2.89. The average Bonchev–Trinajstić information content (AvgIpc) is 2.29. The Morgan fingerprint density at radius 1 is 1.61 bits per heavy atom. The van der Waals surface area contributed by atoms with E-state index in [-0.39, 0.29) is 23.0 Å². The Morgan fingerprint density at radius 2 is 2.33 bits per heavy atom. The van der Waals surface area contributed by atoms with Gasteiger partial charge in [-0.15, -0.1) is 0 Å². The molecule has 0 bridgehead atoms. The molecule has 0 saturated carbocycles. The predicted octanol–water partition coefficient (Wildman–Crippen LogP) is 0.511. The van der Waals surface area contributed by atoms with Crippen LogP contribution in [0.4, 0.5) is 0 Å². The summed E-state index contributed by atoms with van der Waals surface area (Å²) in [7, 11) is 0. The van der Waals surface area contributed by atoms with Gasteiger partial charge >= 0.3 is 0 Å². The SMILES string of the molecule is N#CC/C(NC1N=C(Cl)NC(Cl)N1)=C(\C#N)C=N. The summed E-state index contributed by atoms with van der Waals surface area (Å²) < 4.78 is 0. The van der Waals surface area contributed by atoms with Crippen molar-refractivity contribution in [2.45, 2.75) is 18.3 Å². The highest BCUT2D eigenvalue weighted by Gasteiger charge is 2.20. The Hall–Kier alpha value is -1.80. The number of hydrogen-bond donors (Lipinski definition) is 4. The van der Waals surface area contributed by atoms with E-state index in [4.69, 9.17) is 39.1 Å². The maximum absolute atomic E-state index is 8.83. The zero-order valence-electron chi connectivity index (χ0n) is 9.04. The van der Waals surface area contributed by atoms with E-state index in [2.05, 4.69) is 20.9 Å². The molecule has 0 amide bonds. The zero-order chi connectivity index (χ0) is 13.5. The van der Waals surface area contributed by atoms with Crippen molar-refractivity contribution >= 4 is 34.7 Å². The first-order valence-electron chi connectivity index (χ1n) is 4.78. The summed E-state index contributed by atoms with van der Waals surface area (Å²) in [6.45, 7) is 0. The number of rotatable bonds is 4. The largest absolute Gasteiger partial charge is 0.353 e. The van der Waals surface area contributed by atoms with E-state index in [1.807, 2.05) is 12.1 Å². The molecule has 0 aromatic rings. The van der Waals surface area contributed by atoms with Crippen molar-refractivity contribution in [3.8, 4) is 12.1 Å². The monoisotopic (exact) mass is 285 g/mol. The highest BCUT2D eigenvalue weighted by atomic mass is 35.5. The molecule has 0 aliphatic carbocycles. The second kappa shape index (κ2) is 6.82. The van der Waals surface area contributed by atoms with Crippen LogP contribution in [0.1, 0.15) is 6.42 Å². The fourth-order valence-electron chi connectivity index (χ4n) is 1.20. The normalized spacial score (nSPS) is 23.7. The first-order valence-corrected chi connectivity index (χ1v) is 5.59. The lowest BCUT2D eigenvalue weighted by Crippen LogP contribution is -2.54. The van der Waals surface area contributed by atoms with Crippen molar-refractivity contribution in [1.29, 1.82) is 15.9 Å². The summed E-state index contributed by atoms with van der Waals surface area (Å²) >= 11 is 11.5. The Kier molecular flexibility index (Phi) is 5.40. The van der Waals surface area contributed by atoms with Gasteiger partial charge in [-0.2, -0.15) is 10.5 Å². The maximum Gasteiger partial charge on any atom is 0.196 e. The molecular formula is C9H9Cl2N7.